The van der Waals surface area contributed by atoms with Crippen molar-refractivity contribution in [2.75, 3.05) is 19.7 Å². The van der Waals surface area contributed by atoms with Crippen molar-refractivity contribution in [1.82, 2.24) is 10.2 Å². The van der Waals surface area contributed by atoms with Gasteiger partial charge >= 0.3 is 0 Å². The number of nitrogens with zero attached hydrogens (tertiary/aromatic N) is 1. The number of nitrogens with one attached hydrogen (secondary N) is 1. The molecule has 2 heterocycles. The summed E-state index contributed by atoms with van der Waals surface area (Å²) in [6, 6.07) is 7.06. The van der Waals surface area contributed by atoms with Gasteiger partial charge in [0.15, 0.2) is 0 Å². The van der Waals surface area contributed by atoms with Crippen LogP contribution in [0.25, 0.3) is 0 Å². The van der Waals surface area contributed by atoms with Crippen molar-refractivity contribution in [3.63, 3.8) is 0 Å². The fraction of sp³-hybridized carbons (Fsp3) is 0.650. The van der Waals surface area contributed by atoms with E-state index in [4.69, 9.17) is 4.74 Å². The van der Waals surface area contributed by atoms with Crippen LogP contribution in [0, 0.1) is 19.8 Å². The Labute approximate surface area is 145 Å². The van der Waals surface area contributed by atoms with E-state index < -0.39 is 0 Å². The molecule has 0 spiro atoms. The molecule has 1 N–H and O–H groups in total. The normalized spacial score (nSPS) is 31.1. The SMILES string of the molecule is Cc1ccc(C)c([C@@H]2CN(C(=O)[C@H]3CCN[C@@H](C)C3)[C@H](C)CO2)c1. The molecule has 2 aliphatic heterocycles. The van der Waals surface area contributed by atoms with Gasteiger partial charge in [-0.25, -0.2) is 0 Å². The fourth-order valence-corrected chi connectivity index (χ4v) is 3.95. The van der Waals surface area contributed by atoms with Crippen molar-refractivity contribution in [2.24, 2.45) is 5.92 Å². The van der Waals surface area contributed by atoms with Gasteiger partial charge in [0.2, 0.25) is 5.91 Å². The van der Waals surface area contributed by atoms with Crippen molar-refractivity contribution < 1.29 is 9.53 Å². The van der Waals surface area contributed by atoms with Gasteiger partial charge in [0.25, 0.3) is 0 Å². The van der Waals surface area contributed by atoms with Crippen LogP contribution in [0.4, 0.5) is 0 Å². The number of carbonyl (C=O) groups is 1. The van der Waals surface area contributed by atoms with Gasteiger partial charge in [0.05, 0.1) is 19.2 Å². The number of ether oxygens (including phenoxy) is 1. The minimum Gasteiger partial charge on any atom is -0.370 e. The summed E-state index contributed by atoms with van der Waals surface area (Å²) in [5.41, 5.74) is 3.70. The van der Waals surface area contributed by atoms with Crippen LogP contribution in [0.5, 0.6) is 0 Å². The first kappa shape index (κ1) is 17.4. The average Bonchev–Trinajstić information content (AvgIpc) is 2.57. The first-order valence-electron chi connectivity index (χ1n) is 9.18. The van der Waals surface area contributed by atoms with Crippen molar-refractivity contribution in [1.29, 1.82) is 0 Å². The van der Waals surface area contributed by atoms with E-state index in [1.54, 1.807) is 0 Å². The van der Waals surface area contributed by atoms with Crippen molar-refractivity contribution in [3.8, 4) is 0 Å². The van der Waals surface area contributed by atoms with E-state index in [1.807, 2.05) is 0 Å². The Bertz CT molecular complexity index is 601. The standard InChI is InChI=1S/C20H30N2O2/c1-13-5-6-14(2)18(9-13)19-11-22(16(4)12-24-19)20(23)17-7-8-21-15(3)10-17/h5-6,9,15-17,19,21H,7-8,10-12H2,1-4H3/t15-,16+,17-,19-/m0/s1. The molecule has 2 aliphatic rings. The summed E-state index contributed by atoms with van der Waals surface area (Å²) in [4.78, 5) is 15.1. The smallest absolute Gasteiger partial charge is 0.226 e. The Morgan fingerprint density at radius 2 is 2.08 bits per heavy atom. The molecule has 4 nitrogen and oxygen atoms in total. The zero-order valence-corrected chi connectivity index (χ0v) is 15.3. The number of benzene rings is 1. The number of hydrogen-bond acceptors (Lipinski definition) is 3. The molecule has 4 atom stereocenters. The van der Waals surface area contributed by atoms with Gasteiger partial charge in [0, 0.05) is 12.0 Å². The third-order valence-corrected chi connectivity index (χ3v) is 5.47. The molecule has 0 aromatic heterocycles. The van der Waals surface area contributed by atoms with Crippen LogP contribution in [0.15, 0.2) is 18.2 Å². The lowest BCUT2D eigenvalue weighted by Crippen LogP contribution is -2.52. The van der Waals surface area contributed by atoms with Gasteiger partial charge in [-0.05, 0) is 58.2 Å². The molecule has 0 unspecified atom stereocenters. The number of rotatable bonds is 2. The average molecular weight is 330 g/mol. The summed E-state index contributed by atoms with van der Waals surface area (Å²) in [6.45, 7) is 10.7. The predicted octanol–water partition coefficient (Wildman–Crippen LogP) is 2.98. The first-order valence-corrected chi connectivity index (χ1v) is 9.18. The number of amides is 1. The van der Waals surface area contributed by atoms with Gasteiger partial charge < -0.3 is 15.0 Å². The number of hydrogen-bond donors (Lipinski definition) is 1. The molecule has 0 radical (unpaired) electrons. The van der Waals surface area contributed by atoms with Crippen LogP contribution >= 0.6 is 0 Å². The summed E-state index contributed by atoms with van der Waals surface area (Å²) in [5.74, 6) is 0.468. The zero-order valence-electron chi connectivity index (χ0n) is 15.3. The third-order valence-electron chi connectivity index (χ3n) is 5.47. The molecule has 1 aromatic rings. The third kappa shape index (κ3) is 3.65. The number of morpholine rings is 1. The Kier molecular flexibility index (Phi) is 5.26. The molecule has 4 heteroatoms. The van der Waals surface area contributed by atoms with E-state index in [0.717, 1.165) is 19.4 Å². The van der Waals surface area contributed by atoms with Crippen LogP contribution in [0.3, 0.4) is 0 Å². The van der Waals surface area contributed by atoms with Crippen LogP contribution in [-0.2, 0) is 9.53 Å². The molecule has 2 saturated heterocycles. The second-order valence-corrected chi connectivity index (χ2v) is 7.60. The summed E-state index contributed by atoms with van der Waals surface area (Å²) in [6.07, 6.45) is 1.88. The number of carbonyl (C=O) groups excluding carboxylic acids is 1. The summed E-state index contributed by atoms with van der Waals surface area (Å²) in [5, 5.41) is 3.43. The zero-order chi connectivity index (χ0) is 17.3. The van der Waals surface area contributed by atoms with E-state index in [2.05, 4.69) is 56.1 Å². The van der Waals surface area contributed by atoms with E-state index in [-0.39, 0.29) is 18.1 Å². The van der Waals surface area contributed by atoms with Crippen molar-refractivity contribution in [2.45, 2.75) is 58.7 Å². The van der Waals surface area contributed by atoms with Crippen LogP contribution in [-0.4, -0.2) is 42.6 Å². The highest BCUT2D eigenvalue weighted by Gasteiger charge is 2.35. The monoisotopic (exact) mass is 330 g/mol. The molecule has 0 saturated carbocycles. The molecular weight excluding hydrogens is 300 g/mol. The Hall–Kier alpha value is -1.39. The van der Waals surface area contributed by atoms with E-state index >= 15 is 0 Å². The maximum absolute atomic E-state index is 13.1. The Balaban J connectivity index is 1.75. The predicted molar refractivity (Wildman–Crippen MR) is 96.0 cm³/mol. The highest BCUT2D eigenvalue weighted by Crippen LogP contribution is 2.30. The maximum Gasteiger partial charge on any atom is 0.226 e. The molecule has 1 aromatic carbocycles. The Morgan fingerprint density at radius 1 is 1.29 bits per heavy atom. The topological polar surface area (TPSA) is 41.6 Å². The molecule has 132 valence electrons. The first-order chi connectivity index (χ1) is 11.5. The molecule has 0 aliphatic carbocycles. The van der Waals surface area contributed by atoms with Crippen LogP contribution < -0.4 is 5.32 Å². The van der Waals surface area contributed by atoms with E-state index in [9.17, 15) is 4.79 Å². The summed E-state index contributed by atoms with van der Waals surface area (Å²) < 4.78 is 6.09. The quantitative estimate of drug-likeness (QED) is 0.906. The van der Waals surface area contributed by atoms with Gasteiger partial charge in [-0.2, -0.15) is 0 Å². The molecule has 2 fully saturated rings. The fourth-order valence-electron chi connectivity index (χ4n) is 3.95. The van der Waals surface area contributed by atoms with Gasteiger partial charge in [-0.3, -0.25) is 4.79 Å². The largest absolute Gasteiger partial charge is 0.370 e. The van der Waals surface area contributed by atoms with Gasteiger partial charge in [-0.1, -0.05) is 23.8 Å². The van der Waals surface area contributed by atoms with Crippen molar-refractivity contribution >= 4 is 5.91 Å². The molecule has 1 amide bonds. The minimum absolute atomic E-state index is 0.0100. The molecule has 0 bridgehead atoms. The minimum atomic E-state index is -0.0100. The summed E-state index contributed by atoms with van der Waals surface area (Å²) >= 11 is 0. The van der Waals surface area contributed by atoms with Gasteiger partial charge in [-0.15, -0.1) is 0 Å². The Morgan fingerprint density at radius 3 is 2.83 bits per heavy atom. The van der Waals surface area contributed by atoms with Crippen LogP contribution in [0.2, 0.25) is 0 Å². The molecular formula is C20H30N2O2. The second kappa shape index (κ2) is 7.24. The lowest BCUT2D eigenvalue weighted by Gasteiger charge is -2.41. The molecule has 24 heavy (non-hydrogen) atoms. The highest BCUT2D eigenvalue weighted by atomic mass is 16.5. The lowest BCUT2D eigenvalue weighted by atomic mass is 9.90. The van der Waals surface area contributed by atoms with E-state index in [1.165, 1.54) is 16.7 Å². The van der Waals surface area contributed by atoms with Gasteiger partial charge in [0.1, 0.15) is 6.10 Å². The van der Waals surface area contributed by atoms with Crippen molar-refractivity contribution in [3.05, 3.63) is 34.9 Å². The number of piperidine rings is 1. The summed E-state index contributed by atoms with van der Waals surface area (Å²) in [7, 11) is 0. The maximum atomic E-state index is 13.1. The number of aryl methyl sites for hydroxylation is 2. The highest BCUT2D eigenvalue weighted by molar-refractivity contribution is 5.79. The van der Waals surface area contributed by atoms with Crippen LogP contribution in [0.1, 0.15) is 49.5 Å². The molecule has 3 rings (SSSR count). The second-order valence-electron chi connectivity index (χ2n) is 7.60. The van der Waals surface area contributed by atoms with E-state index in [0.29, 0.717) is 25.1 Å². The lowest BCUT2D eigenvalue weighted by molar-refractivity contribution is -0.150.